The average molecular weight is 311 g/mol. The molecule has 80 valence electrons. The zero-order valence-electron chi connectivity index (χ0n) is 8.20. The highest BCUT2D eigenvalue weighted by Gasteiger charge is 2.22. The Morgan fingerprint density at radius 2 is 2.06 bits per heavy atom. The largest absolute Gasteiger partial charge is 0.289 e. The highest BCUT2D eigenvalue weighted by molar-refractivity contribution is 9.10. The third kappa shape index (κ3) is 1.65. The van der Waals surface area contributed by atoms with Crippen LogP contribution in [0.3, 0.4) is 0 Å². The van der Waals surface area contributed by atoms with Gasteiger partial charge in [-0.2, -0.15) is 0 Å². The van der Waals surface area contributed by atoms with Crippen molar-refractivity contribution in [1.82, 2.24) is 0 Å². The van der Waals surface area contributed by atoms with Crippen LogP contribution in [0.4, 0.5) is 0 Å². The van der Waals surface area contributed by atoms with Gasteiger partial charge in [0.15, 0.2) is 5.78 Å². The molecule has 1 aliphatic heterocycles. The molecule has 1 aromatic carbocycles. The summed E-state index contributed by atoms with van der Waals surface area (Å²) in [5, 5.41) is 1.98. The Hall–Kier alpha value is -0.580. The molecular weight excluding hydrogens is 304 g/mol. The summed E-state index contributed by atoms with van der Waals surface area (Å²) in [4.78, 5) is 12.3. The van der Waals surface area contributed by atoms with Crippen LogP contribution in [-0.4, -0.2) is 5.78 Å². The van der Waals surface area contributed by atoms with Crippen molar-refractivity contribution in [2.24, 2.45) is 0 Å². The molecule has 2 aromatic rings. The number of ketones is 1. The Morgan fingerprint density at radius 3 is 2.94 bits per heavy atom. The van der Waals surface area contributed by atoms with Gasteiger partial charge in [0, 0.05) is 21.4 Å². The molecule has 0 bridgehead atoms. The van der Waals surface area contributed by atoms with Crippen LogP contribution < -0.4 is 0 Å². The van der Waals surface area contributed by atoms with Gasteiger partial charge in [0.05, 0.1) is 4.21 Å². The Balaban J connectivity index is 2.22. The van der Waals surface area contributed by atoms with Gasteiger partial charge in [0.25, 0.3) is 0 Å². The molecule has 1 aliphatic rings. The maximum absolute atomic E-state index is 12.3. The molecule has 0 unspecified atom stereocenters. The summed E-state index contributed by atoms with van der Waals surface area (Å²) in [6, 6.07) is 7.86. The number of hydrogen-bond acceptors (Lipinski definition) is 3. The molecular formula is C12H7BrOS2. The third-order valence-electron chi connectivity index (χ3n) is 2.55. The number of rotatable bonds is 0. The van der Waals surface area contributed by atoms with E-state index in [1.807, 2.05) is 29.6 Å². The van der Waals surface area contributed by atoms with Crippen LogP contribution in [0.5, 0.6) is 0 Å². The van der Waals surface area contributed by atoms with Crippen molar-refractivity contribution < 1.29 is 4.79 Å². The topological polar surface area (TPSA) is 17.1 Å². The van der Waals surface area contributed by atoms with E-state index in [2.05, 4.69) is 15.9 Å². The van der Waals surface area contributed by atoms with Gasteiger partial charge in [0.1, 0.15) is 0 Å². The number of carbonyl (C=O) groups is 1. The fourth-order valence-electron chi connectivity index (χ4n) is 1.75. The molecule has 1 nitrogen and oxygen atoms in total. The monoisotopic (exact) mass is 310 g/mol. The molecule has 0 aliphatic carbocycles. The predicted molar refractivity (Wildman–Crippen MR) is 71.5 cm³/mol. The lowest BCUT2D eigenvalue weighted by Gasteiger charge is -2.03. The van der Waals surface area contributed by atoms with Crippen molar-refractivity contribution in [3.8, 4) is 0 Å². The first kappa shape index (κ1) is 10.6. The maximum Gasteiger partial charge on any atom is 0.195 e. The van der Waals surface area contributed by atoms with Crippen LogP contribution in [-0.2, 0) is 5.75 Å². The minimum Gasteiger partial charge on any atom is -0.289 e. The Morgan fingerprint density at radius 1 is 1.19 bits per heavy atom. The van der Waals surface area contributed by atoms with E-state index in [1.54, 1.807) is 23.1 Å². The lowest BCUT2D eigenvalue weighted by atomic mass is 10.0. The summed E-state index contributed by atoms with van der Waals surface area (Å²) >= 11 is 6.82. The second-order valence-corrected chi connectivity index (χ2v) is 6.62. The van der Waals surface area contributed by atoms with E-state index in [-0.39, 0.29) is 5.78 Å². The summed E-state index contributed by atoms with van der Waals surface area (Å²) < 4.78 is 2.10. The van der Waals surface area contributed by atoms with E-state index in [0.717, 1.165) is 31.1 Å². The summed E-state index contributed by atoms with van der Waals surface area (Å²) in [5.74, 6) is 1.03. The zero-order chi connectivity index (χ0) is 11.1. The highest BCUT2D eigenvalue weighted by atomic mass is 79.9. The summed E-state index contributed by atoms with van der Waals surface area (Å²) in [6.45, 7) is 0. The third-order valence-corrected chi connectivity index (χ3v) is 5.33. The minimum atomic E-state index is 0.151. The fourth-order valence-corrected chi connectivity index (χ4v) is 4.20. The molecule has 1 aromatic heterocycles. The minimum absolute atomic E-state index is 0.151. The number of thiophene rings is 1. The van der Waals surface area contributed by atoms with E-state index in [1.165, 1.54) is 0 Å². The second kappa shape index (κ2) is 4.02. The Bertz CT molecular complexity index is 574. The number of hydrogen-bond donors (Lipinski definition) is 0. The van der Waals surface area contributed by atoms with Crippen LogP contribution in [0.1, 0.15) is 21.5 Å². The fraction of sp³-hybridized carbons (Fsp3) is 0.0833. The number of fused-ring (bicyclic) bond motifs is 2. The van der Waals surface area contributed by atoms with Crippen molar-refractivity contribution in [3.05, 3.63) is 50.8 Å². The molecule has 0 saturated carbocycles. The standard InChI is InChI=1S/C12H7BrOS2/c13-8-2-1-7-6-16-12-9(3-4-15-12)11(14)10(7)5-8/h1-5H,6H2. The summed E-state index contributed by atoms with van der Waals surface area (Å²) in [5.41, 5.74) is 2.81. The van der Waals surface area contributed by atoms with E-state index in [4.69, 9.17) is 0 Å². The predicted octanol–water partition coefficient (Wildman–Crippen LogP) is 4.35. The van der Waals surface area contributed by atoms with Gasteiger partial charge >= 0.3 is 0 Å². The van der Waals surface area contributed by atoms with Crippen LogP contribution in [0.15, 0.2) is 38.3 Å². The number of halogens is 1. The molecule has 0 atom stereocenters. The molecule has 0 saturated heterocycles. The van der Waals surface area contributed by atoms with Crippen LogP contribution in [0.25, 0.3) is 0 Å². The first-order valence-electron chi connectivity index (χ1n) is 4.79. The molecule has 4 heteroatoms. The van der Waals surface area contributed by atoms with Gasteiger partial charge in [0.2, 0.25) is 0 Å². The smallest absolute Gasteiger partial charge is 0.195 e. The average Bonchev–Trinajstić information content (AvgIpc) is 2.70. The van der Waals surface area contributed by atoms with Gasteiger partial charge in [-0.3, -0.25) is 4.79 Å². The normalized spacial score (nSPS) is 14.2. The lowest BCUT2D eigenvalue weighted by Crippen LogP contribution is -2.02. The zero-order valence-corrected chi connectivity index (χ0v) is 11.4. The highest BCUT2D eigenvalue weighted by Crippen LogP contribution is 2.37. The summed E-state index contributed by atoms with van der Waals surface area (Å²) in [6.07, 6.45) is 0. The number of benzene rings is 1. The molecule has 0 spiro atoms. The van der Waals surface area contributed by atoms with E-state index >= 15 is 0 Å². The quantitative estimate of drug-likeness (QED) is 0.719. The molecule has 3 rings (SSSR count). The van der Waals surface area contributed by atoms with Crippen LogP contribution in [0, 0.1) is 0 Å². The molecule has 16 heavy (non-hydrogen) atoms. The van der Waals surface area contributed by atoms with Crippen molar-refractivity contribution in [1.29, 1.82) is 0 Å². The molecule has 0 fully saturated rings. The Kier molecular flexibility index (Phi) is 2.65. The van der Waals surface area contributed by atoms with Crippen molar-refractivity contribution in [2.75, 3.05) is 0 Å². The second-order valence-electron chi connectivity index (χ2n) is 3.54. The lowest BCUT2D eigenvalue weighted by molar-refractivity contribution is 0.103. The SMILES string of the molecule is O=C1c2cc(Br)ccc2CSc2sccc21. The van der Waals surface area contributed by atoms with Crippen molar-refractivity contribution in [3.63, 3.8) is 0 Å². The first-order chi connectivity index (χ1) is 7.75. The molecule has 0 N–H and O–H groups in total. The van der Waals surface area contributed by atoms with Crippen LogP contribution >= 0.6 is 39.0 Å². The van der Waals surface area contributed by atoms with E-state index < -0.39 is 0 Å². The van der Waals surface area contributed by atoms with E-state index in [9.17, 15) is 4.79 Å². The summed E-state index contributed by atoms with van der Waals surface area (Å²) in [7, 11) is 0. The number of thioether (sulfide) groups is 1. The van der Waals surface area contributed by atoms with Gasteiger partial charge in [-0.05, 0) is 29.1 Å². The molecule has 0 amide bonds. The Labute approximate surface area is 110 Å². The number of carbonyl (C=O) groups excluding carboxylic acids is 1. The molecule has 0 radical (unpaired) electrons. The van der Waals surface area contributed by atoms with Gasteiger partial charge in [-0.1, -0.05) is 22.0 Å². The van der Waals surface area contributed by atoms with Gasteiger partial charge in [-0.15, -0.1) is 23.1 Å². The van der Waals surface area contributed by atoms with Crippen LogP contribution in [0.2, 0.25) is 0 Å². The molecule has 2 heterocycles. The van der Waals surface area contributed by atoms with E-state index in [0.29, 0.717) is 0 Å². The first-order valence-corrected chi connectivity index (χ1v) is 7.45. The van der Waals surface area contributed by atoms with Gasteiger partial charge < -0.3 is 0 Å². The van der Waals surface area contributed by atoms with Crippen molar-refractivity contribution >= 4 is 44.8 Å². The van der Waals surface area contributed by atoms with Crippen molar-refractivity contribution in [2.45, 2.75) is 9.96 Å². The van der Waals surface area contributed by atoms with Gasteiger partial charge in [-0.25, -0.2) is 0 Å². The maximum atomic E-state index is 12.3.